The van der Waals surface area contributed by atoms with Gasteiger partial charge in [-0.25, -0.2) is 5.43 Å². The maximum Gasteiger partial charge on any atom is 0.250 e. The van der Waals surface area contributed by atoms with Crippen LogP contribution < -0.4 is 10.7 Å². The van der Waals surface area contributed by atoms with Crippen molar-refractivity contribution in [2.24, 2.45) is 5.10 Å². The molecule has 172 valence electrons. The predicted octanol–water partition coefficient (Wildman–Crippen LogP) is 4.43. The van der Waals surface area contributed by atoms with Gasteiger partial charge in [0.2, 0.25) is 0 Å². The van der Waals surface area contributed by atoms with Crippen LogP contribution in [0.4, 0.5) is 5.69 Å². The standard InChI is InChI=1S/C24H21IN6O2S/c25-18-10-12-19(13-11-18)26-15-22-28-30-24(31(22)20-7-2-1-3-8-20)34-16-23(33)29-27-14-17-6-4-5-9-21(17)32/h1-14,26,32H,15-16H2,(H,29,33). The lowest BCUT2D eigenvalue weighted by molar-refractivity contribution is -0.118. The molecule has 0 atom stereocenters. The van der Waals surface area contributed by atoms with Crippen LogP contribution in [-0.2, 0) is 11.3 Å². The Kier molecular flexibility index (Phi) is 8.15. The molecule has 1 aromatic heterocycles. The van der Waals surface area contributed by atoms with E-state index in [0.29, 0.717) is 17.3 Å². The summed E-state index contributed by atoms with van der Waals surface area (Å²) in [5.41, 5.74) is 4.89. The number of nitrogens with zero attached hydrogens (tertiary/aromatic N) is 4. The maximum atomic E-state index is 12.3. The quantitative estimate of drug-likeness (QED) is 0.116. The third-order valence-corrected chi connectivity index (χ3v) is 6.32. The minimum atomic E-state index is -0.294. The SMILES string of the molecule is O=C(CSc1nnc(CNc2ccc(I)cc2)n1-c1ccccc1)NN=Cc1ccccc1O. The molecule has 8 nitrogen and oxygen atoms in total. The number of para-hydroxylation sites is 2. The molecular weight excluding hydrogens is 563 g/mol. The molecule has 3 N–H and O–H groups in total. The Morgan fingerprint density at radius 2 is 1.76 bits per heavy atom. The van der Waals surface area contributed by atoms with Crippen molar-refractivity contribution in [1.29, 1.82) is 0 Å². The number of carbonyl (C=O) groups is 1. The van der Waals surface area contributed by atoms with Crippen molar-refractivity contribution in [2.75, 3.05) is 11.1 Å². The van der Waals surface area contributed by atoms with Crippen LogP contribution in [0.15, 0.2) is 89.1 Å². The highest BCUT2D eigenvalue weighted by Crippen LogP contribution is 2.23. The highest BCUT2D eigenvalue weighted by atomic mass is 127. The van der Waals surface area contributed by atoms with Crippen molar-refractivity contribution in [2.45, 2.75) is 11.7 Å². The van der Waals surface area contributed by atoms with Gasteiger partial charge in [-0.15, -0.1) is 10.2 Å². The second-order valence-corrected chi connectivity index (χ2v) is 9.26. The summed E-state index contributed by atoms with van der Waals surface area (Å²) in [5.74, 6) is 0.633. The molecule has 0 aliphatic rings. The molecule has 4 rings (SSSR count). The smallest absolute Gasteiger partial charge is 0.250 e. The minimum absolute atomic E-state index is 0.0946. The topological polar surface area (TPSA) is 104 Å². The van der Waals surface area contributed by atoms with Crippen LogP contribution in [0.1, 0.15) is 11.4 Å². The maximum absolute atomic E-state index is 12.3. The second-order valence-electron chi connectivity index (χ2n) is 7.07. The van der Waals surface area contributed by atoms with E-state index in [0.717, 1.165) is 20.8 Å². The van der Waals surface area contributed by atoms with Gasteiger partial charge in [0.15, 0.2) is 11.0 Å². The molecule has 0 aliphatic heterocycles. The number of hydrogen-bond acceptors (Lipinski definition) is 7. The van der Waals surface area contributed by atoms with Crippen molar-refractivity contribution in [3.8, 4) is 11.4 Å². The molecule has 0 aliphatic carbocycles. The fraction of sp³-hybridized carbons (Fsp3) is 0.0833. The molecule has 0 saturated carbocycles. The number of rotatable bonds is 9. The third kappa shape index (κ3) is 6.35. The minimum Gasteiger partial charge on any atom is -0.507 e. The van der Waals surface area contributed by atoms with E-state index in [1.54, 1.807) is 24.3 Å². The molecule has 34 heavy (non-hydrogen) atoms. The Morgan fingerprint density at radius 3 is 2.53 bits per heavy atom. The molecule has 0 fully saturated rings. The number of phenolic OH excluding ortho intramolecular Hbond substituents is 1. The monoisotopic (exact) mass is 584 g/mol. The zero-order valence-electron chi connectivity index (χ0n) is 17.9. The number of halogens is 1. The molecule has 0 unspecified atom stereocenters. The van der Waals surface area contributed by atoms with Crippen molar-refractivity contribution < 1.29 is 9.90 Å². The van der Waals surface area contributed by atoms with E-state index in [1.165, 1.54) is 18.0 Å². The van der Waals surface area contributed by atoms with E-state index >= 15 is 0 Å². The molecule has 1 amide bonds. The summed E-state index contributed by atoms with van der Waals surface area (Å²) in [4.78, 5) is 12.3. The Bertz CT molecular complexity index is 1280. The van der Waals surface area contributed by atoms with Crippen molar-refractivity contribution in [1.82, 2.24) is 20.2 Å². The van der Waals surface area contributed by atoms with Crippen LogP contribution in [0.25, 0.3) is 5.69 Å². The van der Waals surface area contributed by atoms with Gasteiger partial charge < -0.3 is 10.4 Å². The van der Waals surface area contributed by atoms with Gasteiger partial charge in [0.1, 0.15) is 5.75 Å². The Morgan fingerprint density at radius 1 is 1.03 bits per heavy atom. The summed E-state index contributed by atoms with van der Waals surface area (Å²) < 4.78 is 3.10. The molecule has 0 spiro atoms. The molecule has 1 heterocycles. The number of carbonyl (C=O) groups excluding carboxylic acids is 1. The zero-order chi connectivity index (χ0) is 23.8. The van der Waals surface area contributed by atoms with E-state index < -0.39 is 0 Å². The third-order valence-electron chi connectivity index (χ3n) is 4.67. The second kappa shape index (κ2) is 11.7. The number of thioether (sulfide) groups is 1. The average Bonchev–Trinajstić information content (AvgIpc) is 3.27. The zero-order valence-corrected chi connectivity index (χ0v) is 20.9. The van der Waals surface area contributed by atoms with Gasteiger partial charge >= 0.3 is 0 Å². The molecule has 4 aromatic rings. The number of amides is 1. The lowest BCUT2D eigenvalue weighted by atomic mass is 10.2. The first-order valence-corrected chi connectivity index (χ1v) is 12.4. The number of aromatic nitrogens is 3. The number of hydrogen-bond donors (Lipinski definition) is 3. The highest BCUT2D eigenvalue weighted by molar-refractivity contribution is 14.1. The van der Waals surface area contributed by atoms with Crippen LogP contribution in [0.3, 0.4) is 0 Å². The van der Waals surface area contributed by atoms with Crippen molar-refractivity contribution >= 4 is 52.2 Å². The average molecular weight is 584 g/mol. The van der Waals surface area contributed by atoms with Crippen LogP contribution in [0.2, 0.25) is 0 Å². The highest BCUT2D eigenvalue weighted by Gasteiger charge is 2.15. The van der Waals surface area contributed by atoms with E-state index in [-0.39, 0.29) is 17.4 Å². The van der Waals surface area contributed by atoms with Gasteiger partial charge in [-0.3, -0.25) is 9.36 Å². The summed E-state index contributed by atoms with van der Waals surface area (Å²) in [7, 11) is 0. The molecule has 0 saturated heterocycles. The fourth-order valence-electron chi connectivity index (χ4n) is 3.03. The summed E-state index contributed by atoms with van der Waals surface area (Å²) in [6.45, 7) is 0.472. The number of phenols is 1. The van der Waals surface area contributed by atoms with Gasteiger partial charge in [0, 0.05) is 20.5 Å². The van der Waals surface area contributed by atoms with E-state index in [1.807, 2.05) is 59.2 Å². The lowest BCUT2D eigenvalue weighted by Gasteiger charge is -2.11. The van der Waals surface area contributed by atoms with Gasteiger partial charge in [0.25, 0.3) is 5.91 Å². The van der Waals surface area contributed by atoms with Crippen molar-refractivity contribution in [3.63, 3.8) is 0 Å². The van der Waals surface area contributed by atoms with Crippen LogP contribution in [-0.4, -0.2) is 37.7 Å². The molecule has 0 bridgehead atoms. The number of benzene rings is 3. The summed E-state index contributed by atoms with van der Waals surface area (Å²) >= 11 is 3.54. The van der Waals surface area contributed by atoms with Crippen LogP contribution >= 0.6 is 34.4 Å². The van der Waals surface area contributed by atoms with Gasteiger partial charge in [-0.2, -0.15) is 5.10 Å². The fourth-order valence-corrected chi connectivity index (χ4v) is 4.15. The van der Waals surface area contributed by atoms with Crippen molar-refractivity contribution in [3.05, 3.63) is 93.8 Å². The normalized spacial score (nSPS) is 11.0. The van der Waals surface area contributed by atoms with Crippen LogP contribution in [0.5, 0.6) is 5.75 Å². The Labute approximate surface area is 214 Å². The number of aromatic hydroxyl groups is 1. The first-order chi connectivity index (χ1) is 16.6. The lowest BCUT2D eigenvalue weighted by Crippen LogP contribution is -2.20. The van der Waals surface area contributed by atoms with E-state index in [4.69, 9.17) is 0 Å². The van der Waals surface area contributed by atoms with Crippen LogP contribution in [0, 0.1) is 3.57 Å². The van der Waals surface area contributed by atoms with Gasteiger partial charge in [-0.1, -0.05) is 42.1 Å². The Hall–Kier alpha value is -3.38. The molecule has 0 radical (unpaired) electrons. The van der Waals surface area contributed by atoms with Gasteiger partial charge in [0.05, 0.1) is 18.5 Å². The van der Waals surface area contributed by atoms with Gasteiger partial charge in [-0.05, 0) is 71.1 Å². The Balaban J connectivity index is 1.43. The summed E-state index contributed by atoms with van der Waals surface area (Å²) in [6, 6.07) is 24.6. The summed E-state index contributed by atoms with van der Waals surface area (Å²) in [5, 5.41) is 26.3. The number of anilines is 1. The first kappa shape index (κ1) is 23.8. The molecular formula is C24H21IN6O2S. The first-order valence-electron chi connectivity index (χ1n) is 10.3. The van der Waals surface area contributed by atoms with E-state index in [2.05, 4.69) is 48.6 Å². The summed E-state index contributed by atoms with van der Waals surface area (Å²) in [6.07, 6.45) is 1.40. The molecule has 3 aromatic carbocycles. The molecule has 10 heteroatoms. The number of hydrazone groups is 1. The number of nitrogens with one attached hydrogen (secondary N) is 2. The predicted molar refractivity (Wildman–Crippen MR) is 142 cm³/mol. The largest absolute Gasteiger partial charge is 0.507 e. The van der Waals surface area contributed by atoms with E-state index in [9.17, 15) is 9.90 Å².